The smallest absolute Gasteiger partial charge is 0.243 e. The minimum atomic E-state index is -3.96. The molecule has 3 rings (SSSR count). The number of carbonyl (C=O) groups excluding carboxylic acids is 2. The number of ketones is 1. The molecule has 0 bridgehead atoms. The van der Waals surface area contributed by atoms with Crippen LogP contribution in [-0.4, -0.2) is 63.8 Å². The van der Waals surface area contributed by atoms with E-state index in [0.717, 1.165) is 23.6 Å². The van der Waals surface area contributed by atoms with Gasteiger partial charge < -0.3 is 5.32 Å². The highest BCUT2D eigenvalue weighted by Gasteiger charge is 2.27. The molecule has 0 atom stereocenters. The maximum absolute atomic E-state index is 12.9. The van der Waals surface area contributed by atoms with Gasteiger partial charge in [-0.2, -0.15) is 8.61 Å². The Morgan fingerprint density at radius 3 is 2.18 bits per heavy atom. The van der Waals surface area contributed by atoms with E-state index in [1.54, 1.807) is 6.07 Å². The van der Waals surface area contributed by atoms with Crippen molar-refractivity contribution in [3.63, 3.8) is 0 Å². The number of rotatable bonds is 8. The van der Waals surface area contributed by atoms with E-state index in [9.17, 15) is 26.4 Å². The quantitative estimate of drug-likeness (QED) is 0.564. The van der Waals surface area contributed by atoms with Crippen molar-refractivity contribution >= 4 is 37.4 Å². The predicted molar refractivity (Wildman–Crippen MR) is 124 cm³/mol. The fourth-order valence-corrected chi connectivity index (χ4v) is 6.21. The second kappa shape index (κ2) is 10.1. The molecule has 0 aliphatic carbocycles. The summed E-state index contributed by atoms with van der Waals surface area (Å²) in [6, 6.07) is 11.4. The number of likely N-dealkylation sites (N-methyl/N-ethyl adjacent to an activating group) is 1. The lowest BCUT2D eigenvalue weighted by Crippen LogP contribution is -2.36. The number of hydrogen-bond donors (Lipinski definition) is 1. The van der Waals surface area contributed by atoms with Gasteiger partial charge in [0.15, 0.2) is 5.78 Å². The van der Waals surface area contributed by atoms with Crippen molar-refractivity contribution in [3.8, 4) is 0 Å². The molecule has 1 fully saturated rings. The van der Waals surface area contributed by atoms with E-state index >= 15 is 0 Å². The zero-order valence-corrected chi connectivity index (χ0v) is 20.2. The van der Waals surface area contributed by atoms with E-state index in [1.807, 2.05) is 0 Å². The highest BCUT2D eigenvalue weighted by molar-refractivity contribution is 7.89. The van der Waals surface area contributed by atoms with Crippen LogP contribution in [0.25, 0.3) is 0 Å². The number of hydrogen-bond acceptors (Lipinski definition) is 6. The molecular formula is C22H27N3O6S2. The summed E-state index contributed by atoms with van der Waals surface area (Å²) in [4.78, 5) is 23.9. The normalized spacial score (nSPS) is 15.4. The Labute approximate surface area is 194 Å². The molecule has 1 saturated heterocycles. The number of carbonyl (C=O) groups is 2. The lowest BCUT2D eigenvalue weighted by atomic mass is 10.2. The Hall–Kier alpha value is -2.60. The summed E-state index contributed by atoms with van der Waals surface area (Å²) in [6.07, 6.45) is 2.63. The number of benzene rings is 2. The minimum absolute atomic E-state index is 0.0441. The molecule has 1 N–H and O–H groups in total. The Balaban J connectivity index is 1.69. The van der Waals surface area contributed by atoms with Crippen LogP contribution in [0.1, 0.15) is 36.5 Å². The third kappa shape index (κ3) is 5.85. The Morgan fingerprint density at radius 2 is 1.58 bits per heavy atom. The van der Waals surface area contributed by atoms with Crippen molar-refractivity contribution in [2.24, 2.45) is 0 Å². The van der Waals surface area contributed by atoms with Crippen LogP contribution in [0.5, 0.6) is 0 Å². The number of nitrogens with zero attached hydrogens (tertiary/aromatic N) is 2. The number of anilines is 1. The van der Waals surface area contributed by atoms with Crippen molar-refractivity contribution in [3.05, 3.63) is 54.1 Å². The molecule has 0 radical (unpaired) electrons. The summed E-state index contributed by atoms with van der Waals surface area (Å²) in [5.41, 5.74) is 0.642. The van der Waals surface area contributed by atoms with Crippen molar-refractivity contribution < 1.29 is 26.4 Å². The van der Waals surface area contributed by atoms with Crippen LogP contribution in [0.15, 0.2) is 58.3 Å². The van der Waals surface area contributed by atoms with E-state index < -0.39 is 32.5 Å². The fraction of sp³-hybridized carbons (Fsp3) is 0.364. The summed E-state index contributed by atoms with van der Waals surface area (Å²) in [6.45, 7) is 1.84. The van der Waals surface area contributed by atoms with Crippen molar-refractivity contribution in [2.75, 3.05) is 32.0 Å². The van der Waals surface area contributed by atoms with Crippen molar-refractivity contribution in [1.82, 2.24) is 8.61 Å². The lowest BCUT2D eigenvalue weighted by Gasteiger charge is -2.26. The molecule has 2 aromatic rings. The summed E-state index contributed by atoms with van der Waals surface area (Å²) in [7, 11) is -6.35. The summed E-state index contributed by atoms with van der Waals surface area (Å²) < 4.78 is 53.5. The summed E-state index contributed by atoms with van der Waals surface area (Å²) in [5.74, 6) is -0.801. The number of piperidine rings is 1. The molecule has 0 aromatic heterocycles. The Bertz CT molecular complexity index is 1240. The van der Waals surface area contributed by atoms with Crippen LogP contribution < -0.4 is 5.32 Å². The highest BCUT2D eigenvalue weighted by Crippen LogP contribution is 2.23. The SMILES string of the molecule is CC(=O)c1ccc(S(=O)(=O)N(C)CC(=O)Nc2cccc(S(=O)(=O)N3CCCCC3)c2)cc1. The van der Waals surface area contributed by atoms with Gasteiger partial charge in [-0.1, -0.05) is 24.6 Å². The van der Waals surface area contributed by atoms with E-state index in [1.165, 1.54) is 60.7 Å². The Morgan fingerprint density at radius 1 is 0.939 bits per heavy atom. The van der Waals surface area contributed by atoms with Crippen molar-refractivity contribution in [1.29, 1.82) is 0 Å². The predicted octanol–water partition coefficient (Wildman–Crippen LogP) is 2.32. The monoisotopic (exact) mass is 493 g/mol. The van der Waals surface area contributed by atoms with E-state index in [4.69, 9.17) is 0 Å². The fourth-order valence-electron chi connectivity index (χ4n) is 3.52. The largest absolute Gasteiger partial charge is 0.325 e. The standard InChI is InChI=1S/C22H27N3O6S2/c1-17(26)18-9-11-20(12-10-18)32(28,29)24(2)16-22(27)23-19-7-6-8-21(15-19)33(30,31)25-13-4-3-5-14-25/h6-12,15H,3-5,13-14,16H2,1-2H3,(H,23,27). The van der Waals surface area contributed by atoms with Gasteiger partial charge in [0, 0.05) is 31.4 Å². The number of sulfonamides is 2. The molecule has 1 heterocycles. The van der Waals surface area contributed by atoms with Crippen molar-refractivity contribution in [2.45, 2.75) is 36.0 Å². The molecule has 1 aliphatic heterocycles. The molecule has 2 aromatic carbocycles. The molecule has 0 unspecified atom stereocenters. The maximum Gasteiger partial charge on any atom is 0.243 e. The molecule has 0 spiro atoms. The zero-order valence-electron chi connectivity index (χ0n) is 18.5. The van der Waals surface area contributed by atoms with E-state index in [-0.39, 0.29) is 21.3 Å². The van der Waals surface area contributed by atoms with Gasteiger partial charge in [0.25, 0.3) is 0 Å². The molecular weight excluding hydrogens is 466 g/mol. The highest BCUT2D eigenvalue weighted by atomic mass is 32.2. The van der Waals surface area contributed by atoms with Crippen LogP contribution in [-0.2, 0) is 24.8 Å². The number of nitrogens with one attached hydrogen (secondary N) is 1. The average molecular weight is 494 g/mol. The van der Waals surface area contributed by atoms with Gasteiger partial charge in [-0.3, -0.25) is 9.59 Å². The van der Waals surface area contributed by atoms with Gasteiger partial charge in [-0.15, -0.1) is 0 Å². The summed E-state index contributed by atoms with van der Waals surface area (Å²) in [5, 5.41) is 2.56. The summed E-state index contributed by atoms with van der Waals surface area (Å²) >= 11 is 0. The minimum Gasteiger partial charge on any atom is -0.325 e. The van der Waals surface area contributed by atoms with Gasteiger partial charge in [-0.05, 0) is 50.1 Å². The number of Topliss-reactive ketones (excluding diaryl/α,β-unsaturated/α-hetero) is 1. The molecule has 9 nitrogen and oxygen atoms in total. The third-order valence-corrected chi connectivity index (χ3v) is 9.12. The first-order valence-corrected chi connectivity index (χ1v) is 13.4. The van der Waals surface area contributed by atoms with Gasteiger partial charge >= 0.3 is 0 Å². The second-order valence-corrected chi connectivity index (χ2v) is 11.9. The van der Waals surface area contributed by atoms with Crippen LogP contribution >= 0.6 is 0 Å². The van der Waals surface area contributed by atoms with Gasteiger partial charge in [0.2, 0.25) is 26.0 Å². The number of amides is 1. The maximum atomic E-state index is 12.9. The second-order valence-electron chi connectivity index (χ2n) is 7.88. The Kier molecular flexibility index (Phi) is 7.68. The van der Waals surface area contributed by atoms with Gasteiger partial charge in [0.1, 0.15) is 0 Å². The first-order chi connectivity index (χ1) is 15.5. The first-order valence-electron chi connectivity index (χ1n) is 10.5. The molecule has 178 valence electrons. The third-order valence-electron chi connectivity index (χ3n) is 5.41. The van der Waals surface area contributed by atoms with Crippen LogP contribution in [0.4, 0.5) is 5.69 Å². The molecule has 0 saturated carbocycles. The topological polar surface area (TPSA) is 121 Å². The molecule has 33 heavy (non-hydrogen) atoms. The lowest BCUT2D eigenvalue weighted by molar-refractivity contribution is -0.116. The molecule has 11 heteroatoms. The molecule has 1 aliphatic rings. The first kappa shape index (κ1) is 25.0. The zero-order chi connectivity index (χ0) is 24.2. The van der Waals surface area contributed by atoms with E-state index in [2.05, 4.69) is 5.32 Å². The van der Waals surface area contributed by atoms with Gasteiger partial charge in [0.05, 0.1) is 16.3 Å². The van der Waals surface area contributed by atoms with Crippen LogP contribution in [0.3, 0.4) is 0 Å². The van der Waals surface area contributed by atoms with Crippen LogP contribution in [0.2, 0.25) is 0 Å². The average Bonchev–Trinajstić information content (AvgIpc) is 2.79. The van der Waals surface area contributed by atoms with Crippen LogP contribution in [0, 0.1) is 0 Å². The van der Waals surface area contributed by atoms with Gasteiger partial charge in [-0.25, -0.2) is 16.8 Å². The molecule has 1 amide bonds. The van der Waals surface area contributed by atoms with E-state index in [0.29, 0.717) is 18.7 Å².